The lowest BCUT2D eigenvalue weighted by Crippen LogP contribution is -2.53. The second-order valence-electron chi connectivity index (χ2n) is 11.1. The lowest BCUT2D eigenvalue weighted by molar-refractivity contribution is -0.293. The third-order valence-electron chi connectivity index (χ3n) is 8.85. The van der Waals surface area contributed by atoms with E-state index in [1.54, 1.807) is 11.0 Å². The van der Waals surface area contributed by atoms with E-state index in [1.165, 1.54) is 0 Å². The molecule has 13 heteroatoms. The molecule has 1 spiro atoms. The van der Waals surface area contributed by atoms with Gasteiger partial charge in [0.1, 0.15) is 6.04 Å². The zero-order valence-corrected chi connectivity index (χ0v) is 21.2. The van der Waals surface area contributed by atoms with Gasteiger partial charge in [0.25, 0.3) is 0 Å². The Kier molecular flexibility index (Phi) is 7.32. The van der Waals surface area contributed by atoms with Crippen LogP contribution in [0.4, 0.5) is 32.0 Å². The fourth-order valence-electron chi connectivity index (χ4n) is 7.01. The number of anilines is 1. The number of aliphatic carboxylic acids is 1. The fraction of sp³-hybridized carbons (Fsp3) is 0.720. The topological polar surface area (TPSA) is 65.0 Å². The fourth-order valence-corrected chi connectivity index (χ4v) is 7.17. The lowest BCUT2D eigenvalue weighted by Gasteiger charge is -2.34. The predicted molar refractivity (Wildman–Crippen MR) is 127 cm³/mol. The Morgan fingerprint density at radius 1 is 1.11 bits per heavy atom. The van der Waals surface area contributed by atoms with E-state index in [2.05, 4.69) is 10.2 Å². The second kappa shape index (κ2) is 10.0. The molecule has 212 valence electrons. The van der Waals surface area contributed by atoms with Crippen LogP contribution in [0, 0.1) is 23.2 Å². The SMILES string of the molecule is O=C(O)C1NC(C(C(F)(F)F)C(F)(F)F)C2CN(Cc3ccc(Cl)cc3N3CCC4(CCOCC4)C3)CC12. The molecule has 0 bridgehead atoms. The molecule has 4 aliphatic heterocycles. The first kappa shape index (κ1) is 27.8. The molecule has 4 fully saturated rings. The Balaban J connectivity index is 1.37. The lowest BCUT2D eigenvalue weighted by atomic mass is 9.80. The first-order chi connectivity index (χ1) is 17.8. The summed E-state index contributed by atoms with van der Waals surface area (Å²) < 4.78 is 86.9. The first-order valence-electron chi connectivity index (χ1n) is 12.7. The van der Waals surface area contributed by atoms with Gasteiger partial charge in [-0.15, -0.1) is 0 Å². The third kappa shape index (κ3) is 5.33. The molecule has 0 aromatic heterocycles. The van der Waals surface area contributed by atoms with Crippen LogP contribution in [0.2, 0.25) is 5.02 Å². The van der Waals surface area contributed by atoms with E-state index in [-0.39, 0.29) is 25.0 Å². The summed E-state index contributed by atoms with van der Waals surface area (Å²) in [6.45, 7) is 3.33. The molecule has 1 aromatic carbocycles. The van der Waals surface area contributed by atoms with E-state index < -0.39 is 48.2 Å². The van der Waals surface area contributed by atoms with Gasteiger partial charge in [0.2, 0.25) is 0 Å². The number of carboxylic acids is 1. The number of carbonyl (C=O) groups is 1. The molecule has 5 rings (SSSR count). The van der Waals surface area contributed by atoms with Crippen LogP contribution < -0.4 is 10.2 Å². The molecule has 0 amide bonds. The van der Waals surface area contributed by atoms with E-state index in [0.29, 0.717) is 18.2 Å². The van der Waals surface area contributed by atoms with Gasteiger partial charge >= 0.3 is 18.3 Å². The Bertz CT molecular complexity index is 1030. The van der Waals surface area contributed by atoms with Crippen molar-refractivity contribution in [1.29, 1.82) is 0 Å². The van der Waals surface area contributed by atoms with Crippen LogP contribution in [0.5, 0.6) is 0 Å². The molecular weight excluding hydrogens is 540 g/mol. The van der Waals surface area contributed by atoms with Gasteiger partial charge in [0, 0.05) is 68.6 Å². The van der Waals surface area contributed by atoms with Gasteiger partial charge < -0.3 is 20.1 Å². The number of carboxylic acid groups (broad SMARTS) is 1. The zero-order chi connectivity index (χ0) is 27.5. The zero-order valence-electron chi connectivity index (χ0n) is 20.5. The Morgan fingerprint density at radius 2 is 1.76 bits per heavy atom. The highest BCUT2D eigenvalue weighted by Gasteiger charge is 2.66. The van der Waals surface area contributed by atoms with Crippen LogP contribution in [0.1, 0.15) is 24.8 Å². The normalized spacial score (nSPS) is 29.9. The van der Waals surface area contributed by atoms with Crippen LogP contribution in [-0.2, 0) is 16.1 Å². The van der Waals surface area contributed by atoms with Gasteiger partial charge in [-0.1, -0.05) is 17.7 Å². The van der Waals surface area contributed by atoms with Gasteiger partial charge in [-0.05, 0) is 48.3 Å². The standard InChI is InChI=1S/C25H30ClF6N3O3/c26-15-2-1-14(18(9-15)35-6-3-23(13-35)4-7-38-8-5-23)10-34-11-16-17(12-34)20(22(36)37)33-19(16)21(24(27,28)29)25(30,31)32/h1-2,9,16-17,19-21,33H,3-8,10-13H2,(H,36,37). The van der Waals surface area contributed by atoms with E-state index in [4.69, 9.17) is 16.3 Å². The van der Waals surface area contributed by atoms with Crippen molar-refractivity contribution >= 4 is 23.3 Å². The molecular formula is C25H30ClF6N3O3. The molecule has 0 aliphatic carbocycles. The highest BCUT2D eigenvalue weighted by molar-refractivity contribution is 6.30. The molecule has 0 saturated carbocycles. The highest BCUT2D eigenvalue weighted by atomic mass is 35.5. The minimum Gasteiger partial charge on any atom is -0.480 e. The number of halogens is 7. The summed E-state index contributed by atoms with van der Waals surface area (Å²) in [5.74, 6) is -7.08. The number of hydrogen-bond acceptors (Lipinski definition) is 5. The van der Waals surface area contributed by atoms with Gasteiger partial charge in [0.05, 0.1) is 0 Å². The van der Waals surface area contributed by atoms with E-state index in [1.807, 2.05) is 12.1 Å². The first-order valence-corrected chi connectivity index (χ1v) is 13.1. The van der Waals surface area contributed by atoms with Crippen LogP contribution in [0.25, 0.3) is 0 Å². The van der Waals surface area contributed by atoms with E-state index in [0.717, 1.165) is 43.6 Å². The number of benzene rings is 1. The van der Waals surface area contributed by atoms with Crippen molar-refractivity contribution in [2.75, 3.05) is 44.3 Å². The third-order valence-corrected chi connectivity index (χ3v) is 9.09. The summed E-state index contributed by atoms with van der Waals surface area (Å²) in [6, 6.07) is 1.84. The number of nitrogens with zero attached hydrogens (tertiary/aromatic N) is 2. The van der Waals surface area contributed by atoms with Crippen LogP contribution in [0.3, 0.4) is 0 Å². The van der Waals surface area contributed by atoms with Crippen molar-refractivity contribution in [2.45, 2.75) is 50.2 Å². The molecule has 4 saturated heterocycles. The Hall–Kier alpha value is -1.76. The number of likely N-dealkylation sites (tertiary alicyclic amines) is 1. The molecule has 4 heterocycles. The van der Waals surface area contributed by atoms with Crippen molar-refractivity contribution in [3.8, 4) is 0 Å². The highest BCUT2D eigenvalue weighted by Crippen LogP contribution is 2.49. The van der Waals surface area contributed by atoms with Crippen molar-refractivity contribution in [3.63, 3.8) is 0 Å². The van der Waals surface area contributed by atoms with Gasteiger partial charge in [0.15, 0.2) is 5.92 Å². The van der Waals surface area contributed by atoms with Gasteiger partial charge in [-0.25, -0.2) is 0 Å². The molecule has 4 unspecified atom stereocenters. The number of ether oxygens (including phenoxy) is 1. The second-order valence-corrected chi connectivity index (χ2v) is 11.6. The van der Waals surface area contributed by atoms with E-state index >= 15 is 0 Å². The number of alkyl halides is 6. The Morgan fingerprint density at radius 3 is 2.39 bits per heavy atom. The van der Waals surface area contributed by atoms with Crippen molar-refractivity contribution in [2.24, 2.45) is 23.2 Å². The molecule has 4 atom stereocenters. The molecule has 4 aliphatic rings. The minimum absolute atomic E-state index is 0.0713. The smallest absolute Gasteiger partial charge is 0.402 e. The summed E-state index contributed by atoms with van der Waals surface area (Å²) >= 11 is 6.31. The molecule has 6 nitrogen and oxygen atoms in total. The molecule has 38 heavy (non-hydrogen) atoms. The largest absolute Gasteiger partial charge is 0.480 e. The number of rotatable bonds is 5. The minimum atomic E-state index is -5.56. The van der Waals surface area contributed by atoms with Crippen LogP contribution in [0.15, 0.2) is 18.2 Å². The maximum atomic E-state index is 13.6. The summed E-state index contributed by atoms with van der Waals surface area (Å²) in [5.41, 5.74) is 1.91. The molecule has 1 aromatic rings. The molecule has 2 N–H and O–H groups in total. The monoisotopic (exact) mass is 569 g/mol. The quantitative estimate of drug-likeness (QED) is 0.507. The average Bonchev–Trinajstić information content (AvgIpc) is 3.49. The summed E-state index contributed by atoms with van der Waals surface area (Å²) in [6.07, 6.45) is -8.19. The summed E-state index contributed by atoms with van der Waals surface area (Å²) in [7, 11) is 0. The van der Waals surface area contributed by atoms with Gasteiger partial charge in [-0.3, -0.25) is 9.69 Å². The average molecular weight is 570 g/mol. The molecule has 0 radical (unpaired) electrons. The van der Waals surface area contributed by atoms with Crippen molar-refractivity contribution < 1.29 is 41.0 Å². The number of fused-ring (bicyclic) bond motifs is 1. The van der Waals surface area contributed by atoms with Crippen LogP contribution in [-0.4, -0.2) is 79.8 Å². The van der Waals surface area contributed by atoms with Crippen molar-refractivity contribution in [1.82, 2.24) is 10.2 Å². The summed E-state index contributed by atoms with van der Waals surface area (Å²) in [5, 5.41) is 12.3. The van der Waals surface area contributed by atoms with E-state index in [9.17, 15) is 36.2 Å². The van der Waals surface area contributed by atoms with Gasteiger partial charge in [-0.2, -0.15) is 26.3 Å². The van der Waals surface area contributed by atoms with Crippen molar-refractivity contribution in [3.05, 3.63) is 28.8 Å². The maximum absolute atomic E-state index is 13.6. The summed E-state index contributed by atoms with van der Waals surface area (Å²) in [4.78, 5) is 15.8. The predicted octanol–water partition coefficient (Wildman–Crippen LogP) is 4.56. The number of hydrogen-bond donors (Lipinski definition) is 2. The number of nitrogens with one attached hydrogen (secondary N) is 1. The maximum Gasteiger partial charge on any atom is 0.402 e. The Labute approximate surface area is 221 Å². The van der Waals surface area contributed by atoms with Crippen LogP contribution >= 0.6 is 11.6 Å².